The number of amides is 1. The number of nitrogens with one attached hydrogen (secondary N) is 1. The highest BCUT2D eigenvalue weighted by Gasteiger charge is 2.25. The number of alkyl halides is 1. The maximum atomic E-state index is 12.2. The van der Waals surface area contributed by atoms with Crippen molar-refractivity contribution in [3.8, 4) is 5.75 Å². The topological polar surface area (TPSA) is 81.5 Å². The Kier molecular flexibility index (Phi) is 5.01. The number of methoxy groups -OCH3 is 1. The lowest BCUT2D eigenvalue weighted by Crippen LogP contribution is -2.29. The maximum Gasteiger partial charge on any atom is 0.311 e. The highest BCUT2D eigenvalue weighted by molar-refractivity contribution is 6.20. The van der Waals surface area contributed by atoms with Crippen molar-refractivity contribution in [3.63, 3.8) is 0 Å². The molecular weight excluding hydrogens is 296 g/mol. The third-order valence-corrected chi connectivity index (χ3v) is 4.06. The van der Waals surface area contributed by atoms with Crippen molar-refractivity contribution < 1.29 is 14.5 Å². The molecule has 1 aromatic carbocycles. The van der Waals surface area contributed by atoms with Crippen LogP contribution in [0.4, 0.5) is 5.69 Å². The van der Waals surface area contributed by atoms with Crippen LogP contribution in [-0.4, -0.2) is 29.9 Å². The first-order valence-electron chi connectivity index (χ1n) is 6.76. The molecule has 1 aromatic rings. The lowest BCUT2D eigenvalue weighted by molar-refractivity contribution is -0.385. The van der Waals surface area contributed by atoms with Gasteiger partial charge in [-0.2, -0.15) is 0 Å². The molecule has 0 aliphatic heterocycles. The molecule has 1 fully saturated rings. The lowest BCUT2D eigenvalue weighted by atomic mass is 10.1. The Morgan fingerprint density at radius 3 is 2.86 bits per heavy atom. The molecule has 0 spiro atoms. The van der Waals surface area contributed by atoms with Crippen LogP contribution in [0.1, 0.15) is 29.6 Å². The van der Waals surface area contributed by atoms with Crippen LogP contribution in [-0.2, 0) is 0 Å². The van der Waals surface area contributed by atoms with E-state index in [4.69, 9.17) is 16.3 Å². The van der Waals surface area contributed by atoms with Crippen LogP contribution in [0, 0.1) is 16.0 Å². The highest BCUT2D eigenvalue weighted by atomic mass is 35.5. The summed E-state index contributed by atoms with van der Waals surface area (Å²) in [6, 6.07) is 4.30. The summed E-state index contributed by atoms with van der Waals surface area (Å²) in [5.41, 5.74) is -0.0426. The zero-order chi connectivity index (χ0) is 15.4. The minimum Gasteiger partial charge on any atom is -0.490 e. The van der Waals surface area contributed by atoms with Gasteiger partial charge in [0.2, 0.25) is 5.75 Å². The monoisotopic (exact) mass is 312 g/mol. The second-order valence-corrected chi connectivity index (χ2v) is 5.72. The molecule has 1 aliphatic rings. The Bertz CT molecular complexity index is 550. The van der Waals surface area contributed by atoms with Gasteiger partial charge < -0.3 is 10.1 Å². The average Bonchev–Trinajstić information content (AvgIpc) is 2.89. The van der Waals surface area contributed by atoms with Gasteiger partial charge in [-0.25, -0.2) is 0 Å². The molecular formula is C14H17ClN2O4. The molecule has 2 rings (SSSR count). The van der Waals surface area contributed by atoms with Crippen LogP contribution in [0.15, 0.2) is 18.2 Å². The van der Waals surface area contributed by atoms with Crippen LogP contribution < -0.4 is 10.1 Å². The first kappa shape index (κ1) is 15.6. The van der Waals surface area contributed by atoms with Gasteiger partial charge in [0.25, 0.3) is 5.91 Å². The number of nitro benzene ring substituents is 1. The third kappa shape index (κ3) is 3.64. The summed E-state index contributed by atoms with van der Waals surface area (Å²) in [4.78, 5) is 22.6. The van der Waals surface area contributed by atoms with Crippen molar-refractivity contribution in [3.05, 3.63) is 33.9 Å². The minimum atomic E-state index is -0.565. The summed E-state index contributed by atoms with van der Waals surface area (Å²) in [5.74, 6) is -0.0173. The third-order valence-electron chi connectivity index (χ3n) is 3.67. The SMILES string of the molecule is COc1c(C(=O)NCC2CCC(Cl)C2)cccc1[N+](=O)[O-]. The Balaban J connectivity index is 2.08. The van der Waals surface area contributed by atoms with Crippen molar-refractivity contribution in [2.45, 2.75) is 24.6 Å². The van der Waals surface area contributed by atoms with Gasteiger partial charge in [0.05, 0.1) is 17.6 Å². The fourth-order valence-corrected chi connectivity index (χ4v) is 2.97. The number of benzene rings is 1. The molecule has 0 heterocycles. The number of ether oxygens (including phenoxy) is 1. The molecule has 0 bridgehead atoms. The smallest absolute Gasteiger partial charge is 0.311 e. The highest BCUT2D eigenvalue weighted by Crippen LogP contribution is 2.31. The van der Waals surface area contributed by atoms with Crippen LogP contribution >= 0.6 is 11.6 Å². The Hall–Kier alpha value is -1.82. The first-order chi connectivity index (χ1) is 10.0. The minimum absolute atomic E-state index is 0.0124. The normalized spacial score (nSPS) is 21.0. The molecule has 2 atom stereocenters. The van der Waals surface area contributed by atoms with E-state index in [1.807, 2.05) is 0 Å². The van der Waals surface area contributed by atoms with Gasteiger partial charge in [-0.1, -0.05) is 6.07 Å². The van der Waals surface area contributed by atoms with Crippen molar-refractivity contribution in [2.75, 3.05) is 13.7 Å². The quantitative estimate of drug-likeness (QED) is 0.515. The molecule has 6 nitrogen and oxygen atoms in total. The van der Waals surface area contributed by atoms with Gasteiger partial charge in [0.15, 0.2) is 0 Å². The Labute approximate surface area is 127 Å². The molecule has 0 radical (unpaired) electrons. The van der Waals surface area contributed by atoms with E-state index in [1.165, 1.54) is 25.3 Å². The van der Waals surface area contributed by atoms with Crippen LogP contribution in [0.5, 0.6) is 5.75 Å². The number of carbonyl (C=O) groups is 1. The molecule has 21 heavy (non-hydrogen) atoms. The fourth-order valence-electron chi connectivity index (χ4n) is 2.59. The Morgan fingerprint density at radius 2 is 2.29 bits per heavy atom. The van der Waals surface area contributed by atoms with Crippen LogP contribution in [0.2, 0.25) is 0 Å². The molecule has 1 amide bonds. The Morgan fingerprint density at radius 1 is 1.52 bits per heavy atom. The molecule has 1 N–H and O–H groups in total. The second kappa shape index (κ2) is 6.76. The van der Waals surface area contributed by atoms with E-state index in [1.54, 1.807) is 0 Å². The zero-order valence-corrected chi connectivity index (χ0v) is 12.4. The predicted octanol–water partition coefficient (Wildman–Crippen LogP) is 2.74. The first-order valence-corrected chi connectivity index (χ1v) is 7.20. The van der Waals surface area contributed by atoms with Gasteiger partial charge in [-0.15, -0.1) is 11.6 Å². The number of nitro groups is 1. The van der Waals surface area contributed by atoms with E-state index in [9.17, 15) is 14.9 Å². The summed E-state index contributed by atoms with van der Waals surface area (Å²) >= 11 is 6.03. The number of para-hydroxylation sites is 1. The maximum absolute atomic E-state index is 12.2. The van der Waals surface area contributed by atoms with Gasteiger partial charge >= 0.3 is 5.69 Å². The molecule has 7 heteroatoms. The van der Waals surface area contributed by atoms with Crippen LogP contribution in [0.3, 0.4) is 0 Å². The summed E-state index contributed by atoms with van der Waals surface area (Å²) in [6.07, 6.45) is 2.83. The number of hydrogen-bond acceptors (Lipinski definition) is 4. The van der Waals surface area contributed by atoms with E-state index >= 15 is 0 Å². The van der Waals surface area contributed by atoms with E-state index in [0.717, 1.165) is 19.3 Å². The van der Waals surface area contributed by atoms with Gasteiger partial charge in [-0.05, 0) is 31.2 Å². The molecule has 114 valence electrons. The zero-order valence-electron chi connectivity index (χ0n) is 11.7. The second-order valence-electron chi connectivity index (χ2n) is 5.10. The van der Waals surface area contributed by atoms with Gasteiger partial charge in [-0.3, -0.25) is 14.9 Å². The number of carbonyl (C=O) groups excluding carboxylic acids is 1. The standard InChI is InChI=1S/C14H17ClN2O4/c1-21-13-11(3-2-4-12(13)17(19)20)14(18)16-8-9-5-6-10(15)7-9/h2-4,9-10H,5-8H2,1H3,(H,16,18). The molecule has 2 unspecified atom stereocenters. The molecule has 1 aliphatic carbocycles. The fraction of sp³-hybridized carbons (Fsp3) is 0.500. The number of hydrogen-bond donors (Lipinski definition) is 1. The number of nitrogens with zero attached hydrogens (tertiary/aromatic N) is 1. The molecule has 1 saturated carbocycles. The van der Waals surface area contributed by atoms with E-state index in [0.29, 0.717) is 12.5 Å². The van der Waals surface area contributed by atoms with Crippen molar-refractivity contribution >= 4 is 23.2 Å². The predicted molar refractivity (Wildman–Crippen MR) is 79.0 cm³/mol. The summed E-state index contributed by atoms with van der Waals surface area (Å²) < 4.78 is 5.02. The van der Waals surface area contributed by atoms with Crippen molar-refractivity contribution in [1.29, 1.82) is 0 Å². The number of rotatable bonds is 5. The summed E-state index contributed by atoms with van der Waals surface area (Å²) in [6.45, 7) is 0.522. The van der Waals surface area contributed by atoms with Gasteiger partial charge in [0.1, 0.15) is 0 Å². The van der Waals surface area contributed by atoms with Crippen molar-refractivity contribution in [2.24, 2.45) is 5.92 Å². The van der Waals surface area contributed by atoms with Crippen molar-refractivity contribution in [1.82, 2.24) is 5.32 Å². The number of halogens is 1. The van der Waals surface area contributed by atoms with E-state index < -0.39 is 4.92 Å². The van der Waals surface area contributed by atoms with Crippen LogP contribution in [0.25, 0.3) is 0 Å². The largest absolute Gasteiger partial charge is 0.490 e. The van der Waals surface area contributed by atoms with E-state index in [-0.39, 0.29) is 28.3 Å². The summed E-state index contributed by atoms with van der Waals surface area (Å²) in [5, 5.41) is 13.9. The summed E-state index contributed by atoms with van der Waals surface area (Å²) in [7, 11) is 1.31. The lowest BCUT2D eigenvalue weighted by Gasteiger charge is -2.12. The molecule has 0 saturated heterocycles. The van der Waals surface area contributed by atoms with E-state index in [2.05, 4.69) is 5.32 Å². The molecule has 0 aromatic heterocycles. The average molecular weight is 313 g/mol. The van der Waals surface area contributed by atoms with Gasteiger partial charge in [0, 0.05) is 18.0 Å².